The maximum Gasteiger partial charge on any atom is 0.240 e. The second-order valence-electron chi connectivity index (χ2n) is 2.04. The van der Waals surface area contributed by atoms with Crippen molar-refractivity contribution in [3.05, 3.63) is 16.6 Å². The Balaban J connectivity index is 2.79. The summed E-state index contributed by atoms with van der Waals surface area (Å²) in [7, 11) is 1.68. The highest BCUT2D eigenvalue weighted by molar-refractivity contribution is 7.07. The summed E-state index contributed by atoms with van der Waals surface area (Å²) >= 11 is 1.44. The third-order valence-corrected chi connectivity index (χ3v) is 1.93. The number of hydrogen-bond donors (Lipinski definition) is 2. The molecule has 3 N–H and O–H groups in total. The van der Waals surface area contributed by atoms with Crippen LogP contribution in [0.1, 0.15) is 11.7 Å². The maximum atomic E-state index is 10.8. The van der Waals surface area contributed by atoms with E-state index < -0.39 is 11.9 Å². The fourth-order valence-electron chi connectivity index (χ4n) is 0.800. The van der Waals surface area contributed by atoms with Gasteiger partial charge in [0.05, 0.1) is 11.2 Å². The molecule has 0 spiro atoms. The molecule has 0 aliphatic rings. The molecule has 11 heavy (non-hydrogen) atoms. The lowest BCUT2D eigenvalue weighted by Gasteiger charge is -2.07. The number of carbonyl (C=O) groups is 1. The van der Waals surface area contributed by atoms with Gasteiger partial charge in [-0.1, -0.05) is 0 Å². The highest BCUT2D eigenvalue weighted by Gasteiger charge is 2.16. The molecule has 0 aliphatic heterocycles. The van der Waals surface area contributed by atoms with Crippen molar-refractivity contribution in [1.82, 2.24) is 10.3 Å². The van der Waals surface area contributed by atoms with E-state index in [4.69, 9.17) is 5.73 Å². The van der Waals surface area contributed by atoms with Gasteiger partial charge in [-0.3, -0.25) is 4.79 Å². The zero-order chi connectivity index (χ0) is 8.27. The Morgan fingerprint density at radius 3 is 3.00 bits per heavy atom. The molecular weight excluding hydrogens is 162 g/mol. The molecule has 1 heterocycles. The number of nitrogens with one attached hydrogen (secondary N) is 1. The quantitative estimate of drug-likeness (QED) is 0.666. The maximum absolute atomic E-state index is 10.8. The fraction of sp³-hybridized carbons (Fsp3) is 0.333. The summed E-state index contributed by atoms with van der Waals surface area (Å²) in [6.07, 6.45) is 0. The first-order valence-corrected chi connectivity index (χ1v) is 4.04. The van der Waals surface area contributed by atoms with Crippen molar-refractivity contribution in [2.75, 3.05) is 7.05 Å². The molecule has 1 aromatic rings. The van der Waals surface area contributed by atoms with Gasteiger partial charge in [0.1, 0.15) is 6.04 Å². The molecule has 1 aromatic heterocycles. The van der Waals surface area contributed by atoms with Crippen molar-refractivity contribution in [2.24, 2.45) is 5.73 Å². The number of carbonyl (C=O) groups excluding carboxylic acids is 1. The minimum absolute atomic E-state index is 0.404. The Kier molecular flexibility index (Phi) is 2.56. The average molecular weight is 171 g/mol. The van der Waals surface area contributed by atoms with Crippen LogP contribution in [-0.4, -0.2) is 17.9 Å². The average Bonchev–Trinajstić information content (AvgIpc) is 2.40. The lowest BCUT2D eigenvalue weighted by Crippen LogP contribution is -2.31. The van der Waals surface area contributed by atoms with Crippen LogP contribution in [0.3, 0.4) is 0 Å². The lowest BCUT2D eigenvalue weighted by molar-refractivity contribution is -0.120. The second kappa shape index (κ2) is 3.45. The Bertz CT molecular complexity index is 234. The first-order chi connectivity index (χ1) is 5.25. The number of hydrogen-bond acceptors (Lipinski definition) is 4. The van der Waals surface area contributed by atoms with Crippen molar-refractivity contribution in [2.45, 2.75) is 6.04 Å². The molecule has 1 rings (SSSR count). The van der Waals surface area contributed by atoms with E-state index in [2.05, 4.69) is 10.3 Å². The van der Waals surface area contributed by atoms with E-state index in [1.54, 1.807) is 17.9 Å². The Labute approximate surface area is 68.4 Å². The predicted octanol–water partition coefficient (Wildman–Crippen LogP) is -0.111. The van der Waals surface area contributed by atoms with Crippen LogP contribution >= 0.6 is 11.3 Å². The van der Waals surface area contributed by atoms with E-state index in [9.17, 15) is 4.79 Å². The monoisotopic (exact) mass is 171 g/mol. The number of thiazole rings is 1. The molecule has 4 nitrogen and oxygen atoms in total. The number of rotatable bonds is 3. The summed E-state index contributed by atoms with van der Waals surface area (Å²) in [5, 5.41) is 4.57. The summed E-state index contributed by atoms with van der Waals surface area (Å²) < 4.78 is 0. The topological polar surface area (TPSA) is 68.0 Å². The molecular formula is C6H9N3OS. The van der Waals surface area contributed by atoms with Gasteiger partial charge in [0.25, 0.3) is 0 Å². The van der Waals surface area contributed by atoms with Crippen molar-refractivity contribution in [3.63, 3.8) is 0 Å². The number of likely N-dealkylation sites (N-methyl/N-ethyl adjacent to an activating group) is 1. The molecule has 0 fully saturated rings. The molecule has 0 saturated heterocycles. The van der Waals surface area contributed by atoms with Crippen LogP contribution in [0.4, 0.5) is 0 Å². The van der Waals surface area contributed by atoms with Gasteiger partial charge in [-0.05, 0) is 7.05 Å². The normalized spacial score (nSPS) is 12.8. The summed E-state index contributed by atoms with van der Waals surface area (Å²) in [5.41, 5.74) is 7.46. The largest absolute Gasteiger partial charge is 0.368 e. The lowest BCUT2D eigenvalue weighted by atomic mass is 10.2. The first kappa shape index (κ1) is 8.16. The number of aromatic nitrogens is 1. The highest BCUT2D eigenvalue weighted by atomic mass is 32.1. The van der Waals surface area contributed by atoms with Crippen LogP contribution in [0.5, 0.6) is 0 Å². The van der Waals surface area contributed by atoms with E-state index in [-0.39, 0.29) is 0 Å². The molecule has 1 amide bonds. The number of amides is 1. The smallest absolute Gasteiger partial charge is 0.240 e. The van der Waals surface area contributed by atoms with Crippen molar-refractivity contribution in [1.29, 1.82) is 0 Å². The molecule has 0 saturated carbocycles. The van der Waals surface area contributed by atoms with E-state index >= 15 is 0 Å². The van der Waals surface area contributed by atoms with Crippen LogP contribution in [0.25, 0.3) is 0 Å². The van der Waals surface area contributed by atoms with Gasteiger partial charge >= 0.3 is 0 Å². The molecule has 1 unspecified atom stereocenters. The molecule has 0 aliphatic carbocycles. The zero-order valence-electron chi connectivity index (χ0n) is 6.07. The standard InChI is InChI=1S/C6H9N3OS/c1-8-5(6(7)10)4-2-11-3-9-4/h2-3,5,8H,1H3,(H2,7,10). The van der Waals surface area contributed by atoms with E-state index in [1.165, 1.54) is 11.3 Å². The molecule has 0 aromatic carbocycles. The Morgan fingerprint density at radius 1 is 1.91 bits per heavy atom. The molecule has 1 atom stereocenters. The van der Waals surface area contributed by atoms with Crippen LogP contribution in [0.2, 0.25) is 0 Å². The molecule has 5 heteroatoms. The van der Waals surface area contributed by atoms with Gasteiger partial charge < -0.3 is 11.1 Å². The van der Waals surface area contributed by atoms with Gasteiger partial charge in [0.2, 0.25) is 5.91 Å². The van der Waals surface area contributed by atoms with Crippen LogP contribution in [-0.2, 0) is 4.79 Å². The number of primary amides is 1. The molecule has 0 radical (unpaired) electrons. The highest BCUT2D eigenvalue weighted by Crippen LogP contribution is 2.10. The van der Waals surface area contributed by atoms with Gasteiger partial charge in [-0.25, -0.2) is 4.98 Å². The Hall–Kier alpha value is -0.940. The van der Waals surface area contributed by atoms with Crippen LogP contribution < -0.4 is 11.1 Å². The van der Waals surface area contributed by atoms with Gasteiger partial charge in [-0.2, -0.15) is 0 Å². The van der Waals surface area contributed by atoms with Crippen molar-refractivity contribution in [3.8, 4) is 0 Å². The van der Waals surface area contributed by atoms with E-state index in [0.29, 0.717) is 5.69 Å². The van der Waals surface area contributed by atoms with Gasteiger partial charge in [-0.15, -0.1) is 11.3 Å². The summed E-state index contributed by atoms with van der Waals surface area (Å²) in [6, 6.07) is -0.457. The predicted molar refractivity (Wildman–Crippen MR) is 43.1 cm³/mol. The minimum atomic E-state index is -0.457. The Morgan fingerprint density at radius 2 is 2.64 bits per heavy atom. The van der Waals surface area contributed by atoms with Gasteiger partial charge in [0, 0.05) is 5.38 Å². The zero-order valence-corrected chi connectivity index (χ0v) is 6.89. The third-order valence-electron chi connectivity index (χ3n) is 1.32. The van der Waals surface area contributed by atoms with Crippen LogP contribution in [0, 0.1) is 0 Å². The third kappa shape index (κ3) is 1.75. The van der Waals surface area contributed by atoms with Crippen LogP contribution in [0.15, 0.2) is 10.9 Å². The second-order valence-corrected chi connectivity index (χ2v) is 2.76. The van der Waals surface area contributed by atoms with E-state index in [0.717, 1.165) is 0 Å². The molecule has 0 bridgehead atoms. The first-order valence-electron chi connectivity index (χ1n) is 3.10. The fourth-order valence-corrected chi connectivity index (χ4v) is 1.38. The van der Waals surface area contributed by atoms with E-state index in [1.807, 2.05) is 0 Å². The van der Waals surface area contributed by atoms with Crippen molar-refractivity contribution >= 4 is 17.2 Å². The summed E-state index contributed by atoms with van der Waals surface area (Å²) in [5.74, 6) is -0.404. The minimum Gasteiger partial charge on any atom is -0.368 e. The van der Waals surface area contributed by atoms with Crippen molar-refractivity contribution < 1.29 is 4.79 Å². The SMILES string of the molecule is CNC(C(N)=O)c1cscn1. The number of nitrogens with two attached hydrogens (primary N) is 1. The molecule has 60 valence electrons. The van der Waals surface area contributed by atoms with Gasteiger partial charge in [0.15, 0.2) is 0 Å². The number of nitrogens with zero attached hydrogens (tertiary/aromatic N) is 1. The summed E-state index contributed by atoms with van der Waals surface area (Å²) in [6.45, 7) is 0. The summed E-state index contributed by atoms with van der Waals surface area (Å²) in [4.78, 5) is 14.7.